The maximum atomic E-state index is 12.6. The molecule has 2 aromatic carbocycles. The summed E-state index contributed by atoms with van der Waals surface area (Å²) in [5.41, 5.74) is 2.10. The van der Waals surface area contributed by atoms with Crippen LogP contribution in [0.1, 0.15) is 12.5 Å². The summed E-state index contributed by atoms with van der Waals surface area (Å²) in [7, 11) is 5.06. The molecule has 0 aliphatic carbocycles. The molecule has 1 amide bonds. The highest BCUT2D eigenvalue weighted by atomic mass is 32.2. The highest BCUT2D eigenvalue weighted by Crippen LogP contribution is 2.28. The lowest BCUT2D eigenvalue weighted by atomic mass is 10.1. The van der Waals surface area contributed by atoms with E-state index in [0.717, 1.165) is 35.1 Å². The first-order valence-corrected chi connectivity index (χ1v) is 11.1. The Bertz CT molecular complexity index is 1010. The monoisotopic (exact) mass is 440 g/mol. The van der Waals surface area contributed by atoms with Crippen LogP contribution in [0.4, 0.5) is 0 Å². The molecule has 0 atom stereocenters. The number of carbonyl (C=O) groups is 1. The molecule has 0 aliphatic rings. The molecule has 3 rings (SSSR count). The summed E-state index contributed by atoms with van der Waals surface area (Å²) in [5, 5.41) is 9.39. The fraction of sp³-hybridized carbons (Fsp3) is 0.348. The van der Waals surface area contributed by atoms with E-state index in [0.29, 0.717) is 23.8 Å². The Kier molecular flexibility index (Phi) is 7.94. The van der Waals surface area contributed by atoms with E-state index in [9.17, 15) is 4.79 Å². The Morgan fingerprint density at radius 3 is 2.48 bits per heavy atom. The first kappa shape index (κ1) is 22.7. The van der Waals surface area contributed by atoms with Crippen LogP contribution in [0.5, 0.6) is 11.5 Å². The third-order valence-electron chi connectivity index (χ3n) is 5.00. The van der Waals surface area contributed by atoms with Gasteiger partial charge in [0.15, 0.2) is 22.5 Å². The van der Waals surface area contributed by atoms with Crippen LogP contribution >= 0.6 is 11.8 Å². The van der Waals surface area contributed by atoms with Gasteiger partial charge in [-0.15, -0.1) is 10.2 Å². The molecule has 8 heteroatoms. The Morgan fingerprint density at radius 1 is 1.06 bits per heavy atom. The SMILES string of the molecule is CCn1c(SCC(=O)N(C)CCc2ccc(OC)c(OC)c2)nnc1-c1ccccc1. The molecule has 0 aliphatic heterocycles. The van der Waals surface area contributed by atoms with Gasteiger partial charge in [0.2, 0.25) is 5.91 Å². The fourth-order valence-corrected chi connectivity index (χ4v) is 4.12. The molecule has 0 bridgehead atoms. The van der Waals surface area contributed by atoms with Crippen LogP contribution in [0.3, 0.4) is 0 Å². The number of hydrogen-bond donors (Lipinski definition) is 0. The van der Waals surface area contributed by atoms with Gasteiger partial charge in [-0.25, -0.2) is 0 Å². The number of benzene rings is 2. The van der Waals surface area contributed by atoms with Crippen molar-refractivity contribution in [1.29, 1.82) is 0 Å². The number of ether oxygens (including phenoxy) is 2. The maximum absolute atomic E-state index is 12.6. The maximum Gasteiger partial charge on any atom is 0.232 e. The van der Waals surface area contributed by atoms with Crippen molar-refractivity contribution in [3.8, 4) is 22.9 Å². The lowest BCUT2D eigenvalue weighted by Crippen LogP contribution is -2.30. The van der Waals surface area contributed by atoms with Crippen LogP contribution in [0.25, 0.3) is 11.4 Å². The van der Waals surface area contributed by atoms with E-state index in [2.05, 4.69) is 17.1 Å². The Morgan fingerprint density at radius 2 is 1.81 bits per heavy atom. The summed E-state index contributed by atoms with van der Waals surface area (Å²) in [4.78, 5) is 14.4. The molecule has 164 valence electrons. The third-order valence-corrected chi connectivity index (χ3v) is 5.95. The van der Waals surface area contributed by atoms with Crippen molar-refractivity contribution in [2.45, 2.75) is 25.0 Å². The molecule has 0 spiro atoms. The van der Waals surface area contributed by atoms with Crippen molar-refractivity contribution in [2.75, 3.05) is 33.6 Å². The van der Waals surface area contributed by atoms with Gasteiger partial charge in [0.05, 0.1) is 20.0 Å². The van der Waals surface area contributed by atoms with Gasteiger partial charge >= 0.3 is 0 Å². The molecule has 0 saturated carbocycles. The Balaban J connectivity index is 1.57. The van der Waals surface area contributed by atoms with Crippen LogP contribution < -0.4 is 9.47 Å². The quantitative estimate of drug-likeness (QED) is 0.447. The Hall–Kier alpha value is -3.00. The number of likely N-dealkylation sites (N-methyl/N-ethyl adjacent to an activating group) is 1. The zero-order chi connectivity index (χ0) is 22.2. The Labute approximate surface area is 187 Å². The van der Waals surface area contributed by atoms with Crippen molar-refractivity contribution in [2.24, 2.45) is 0 Å². The van der Waals surface area contributed by atoms with Gasteiger partial charge in [0, 0.05) is 25.7 Å². The van der Waals surface area contributed by atoms with Gasteiger partial charge < -0.3 is 18.9 Å². The minimum absolute atomic E-state index is 0.0531. The smallest absolute Gasteiger partial charge is 0.232 e. The second-order valence-corrected chi connectivity index (χ2v) is 7.90. The molecule has 1 heterocycles. The fourth-order valence-electron chi connectivity index (χ4n) is 3.18. The molecular weight excluding hydrogens is 412 g/mol. The van der Waals surface area contributed by atoms with Gasteiger partial charge in [0.25, 0.3) is 0 Å². The molecule has 0 unspecified atom stereocenters. The second kappa shape index (κ2) is 10.9. The molecular formula is C23H28N4O3S. The van der Waals surface area contributed by atoms with Crippen LogP contribution in [-0.2, 0) is 17.8 Å². The molecule has 0 N–H and O–H groups in total. The minimum Gasteiger partial charge on any atom is -0.493 e. The highest BCUT2D eigenvalue weighted by Gasteiger charge is 2.16. The molecule has 0 radical (unpaired) electrons. The number of methoxy groups -OCH3 is 2. The standard InChI is InChI=1S/C23H28N4O3S/c1-5-27-22(18-9-7-6-8-10-18)24-25-23(27)31-16-21(28)26(2)14-13-17-11-12-19(29-3)20(15-17)30-4/h6-12,15H,5,13-14,16H2,1-4H3. The lowest BCUT2D eigenvalue weighted by molar-refractivity contribution is -0.127. The number of nitrogens with zero attached hydrogens (tertiary/aromatic N) is 4. The number of hydrogen-bond acceptors (Lipinski definition) is 6. The summed E-state index contributed by atoms with van der Waals surface area (Å²) >= 11 is 1.42. The molecule has 0 saturated heterocycles. The van der Waals surface area contributed by atoms with E-state index in [1.807, 2.05) is 60.1 Å². The number of rotatable bonds is 10. The zero-order valence-electron chi connectivity index (χ0n) is 18.4. The molecule has 3 aromatic rings. The first-order chi connectivity index (χ1) is 15.1. The van der Waals surface area contributed by atoms with Gasteiger partial charge in [-0.3, -0.25) is 4.79 Å². The lowest BCUT2D eigenvalue weighted by Gasteiger charge is -2.17. The number of carbonyl (C=O) groups excluding carboxylic acids is 1. The van der Waals surface area contributed by atoms with E-state index < -0.39 is 0 Å². The second-order valence-electron chi connectivity index (χ2n) is 6.96. The predicted octanol–water partition coefficient (Wildman–Crippen LogP) is 3.78. The summed E-state index contributed by atoms with van der Waals surface area (Å²) in [5.74, 6) is 2.58. The molecule has 0 fully saturated rings. The summed E-state index contributed by atoms with van der Waals surface area (Å²) in [6, 6.07) is 15.8. The molecule has 31 heavy (non-hydrogen) atoms. The van der Waals surface area contributed by atoms with Crippen LogP contribution in [-0.4, -0.2) is 59.1 Å². The van der Waals surface area contributed by atoms with E-state index in [1.165, 1.54) is 11.8 Å². The van der Waals surface area contributed by atoms with Crippen LogP contribution in [0, 0.1) is 0 Å². The largest absolute Gasteiger partial charge is 0.493 e. The van der Waals surface area contributed by atoms with E-state index >= 15 is 0 Å². The van der Waals surface area contributed by atoms with E-state index in [1.54, 1.807) is 19.1 Å². The third kappa shape index (κ3) is 5.58. The number of amides is 1. The number of aromatic nitrogens is 3. The van der Waals surface area contributed by atoms with Crippen LogP contribution in [0.15, 0.2) is 53.7 Å². The van der Waals surface area contributed by atoms with Gasteiger partial charge in [-0.1, -0.05) is 48.2 Å². The van der Waals surface area contributed by atoms with Crippen LogP contribution in [0.2, 0.25) is 0 Å². The topological polar surface area (TPSA) is 69.5 Å². The molecule has 1 aromatic heterocycles. The molecule has 7 nitrogen and oxygen atoms in total. The van der Waals surface area contributed by atoms with Crippen molar-refractivity contribution in [1.82, 2.24) is 19.7 Å². The van der Waals surface area contributed by atoms with Crippen molar-refractivity contribution >= 4 is 17.7 Å². The van der Waals surface area contributed by atoms with Crippen molar-refractivity contribution < 1.29 is 14.3 Å². The minimum atomic E-state index is 0.0531. The summed E-state index contributed by atoms with van der Waals surface area (Å²) < 4.78 is 12.7. The first-order valence-electron chi connectivity index (χ1n) is 10.1. The zero-order valence-corrected chi connectivity index (χ0v) is 19.2. The average Bonchev–Trinajstić information content (AvgIpc) is 3.24. The number of thioether (sulfide) groups is 1. The predicted molar refractivity (Wildman–Crippen MR) is 123 cm³/mol. The van der Waals surface area contributed by atoms with E-state index in [4.69, 9.17) is 9.47 Å². The normalized spacial score (nSPS) is 10.7. The summed E-state index contributed by atoms with van der Waals surface area (Å²) in [6.45, 7) is 3.41. The van der Waals surface area contributed by atoms with Crippen molar-refractivity contribution in [3.63, 3.8) is 0 Å². The summed E-state index contributed by atoms with van der Waals surface area (Å²) in [6.07, 6.45) is 0.733. The van der Waals surface area contributed by atoms with E-state index in [-0.39, 0.29) is 5.91 Å². The highest BCUT2D eigenvalue weighted by molar-refractivity contribution is 7.99. The van der Waals surface area contributed by atoms with Crippen molar-refractivity contribution in [3.05, 3.63) is 54.1 Å². The van der Waals surface area contributed by atoms with Gasteiger partial charge in [-0.2, -0.15) is 0 Å². The van der Waals surface area contributed by atoms with Gasteiger partial charge in [-0.05, 0) is 31.0 Å². The van der Waals surface area contributed by atoms with Gasteiger partial charge in [0.1, 0.15) is 0 Å². The average molecular weight is 441 g/mol.